The van der Waals surface area contributed by atoms with Crippen LogP contribution in [0.1, 0.15) is 104 Å². The first-order chi connectivity index (χ1) is 14.3. The Morgan fingerprint density at radius 3 is 2.33 bits per heavy atom. The van der Waals surface area contributed by atoms with Crippen molar-refractivity contribution < 1.29 is 9.90 Å². The third kappa shape index (κ3) is 3.46. The van der Waals surface area contributed by atoms with E-state index < -0.39 is 5.60 Å². The first-order valence-corrected chi connectivity index (χ1v) is 13.3. The zero-order valence-electron chi connectivity index (χ0n) is 19.7. The summed E-state index contributed by atoms with van der Waals surface area (Å²) in [6, 6.07) is 0.496. The summed E-state index contributed by atoms with van der Waals surface area (Å²) >= 11 is 0. The number of carbonyl (C=O) groups excluding carboxylic acids is 1. The van der Waals surface area contributed by atoms with E-state index in [1.165, 1.54) is 70.6 Å². The zero-order valence-corrected chi connectivity index (χ0v) is 19.7. The molecule has 30 heavy (non-hydrogen) atoms. The van der Waals surface area contributed by atoms with Gasteiger partial charge in [0, 0.05) is 19.0 Å². The van der Waals surface area contributed by atoms with Crippen LogP contribution in [0.15, 0.2) is 0 Å². The van der Waals surface area contributed by atoms with Crippen molar-refractivity contribution in [2.45, 2.75) is 115 Å². The Morgan fingerprint density at radius 2 is 1.57 bits per heavy atom. The first kappa shape index (κ1) is 21.3. The van der Waals surface area contributed by atoms with E-state index in [9.17, 15) is 9.90 Å². The molecule has 5 fully saturated rings. The quantitative estimate of drug-likeness (QED) is 0.619. The van der Waals surface area contributed by atoms with E-state index in [2.05, 4.69) is 25.8 Å². The molecule has 1 N–H and O–H groups in total. The molecule has 8 atom stereocenters. The van der Waals surface area contributed by atoms with Crippen LogP contribution in [0.2, 0.25) is 0 Å². The van der Waals surface area contributed by atoms with Gasteiger partial charge in [-0.3, -0.25) is 4.79 Å². The predicted octanol–water partition coefficient (Wildman–Crippen LogP) is 5.80. The van der Waals surface area contributed by atoms with Gasteiger partial charge in [0.25, 0.3) is 0 Å². The number of carbonyl (C=O) groups is 1. The fourth-order valence-corrected chi connectivity index (χ4v) is 9.38. The van der Waals surface area contributed by atoms with Gasteiger partial charge in [0.2, 0.25) is 5.91 Å². The largest absolute Gasteiger partial charge is 0.390 e. The van der Waals surface area contributed by atoms with Crippen molar-refractivity contribution in [1.29, 1.82) is 0 Å². The Balaban J connectivity index is 1.30. The van der Waals surface area contributed by atoms with Crippen LogP contribution in [-0.4, -0.2) is 34.6 Å². The van der Waals surface area contributed by atoms with Crippen LogP contribution in [0, 0.1) is 40.9 Å². The second kappa shape index (κ2) is 7.78. The third-order valence-electron chi connectivity index (χ3n) is 11.0. The maximum absolute atomic E-state index is 13.7. The lowest BCUT2D eigenvalue weighted by Gasteiger charge is -2.57. The molecule has 3 heteroatoms. The van der Waals surface area contributed by atoms with Crippen LogP contribution in [-0.2, 0) is 4.79 Å². The fraction of sp³-hybridized carbons (Fsp3) is 0.963. The molecular formula is C27H45NO2. The smallest absolute Gasteiger partial charge is 0.226 e. The molecule has 5 aliphatic rings. The Bertz CT molecular complexity index is 653. The topological polar surface area (TPSA) is 40.5 Å². The first-order valence-electron chi connectivity index (χ1n) is 13.3. The van der Waals surface area contributed by atoms with E-state index in [4.69, 9.17) is 0 Å². The molecule has 0 saturated heterocycles. The van der Waals surface area contributed by atoms with Gasteiger partial charge < -0.3 is 10.0 Å². The van der Waals surface area contributed by atoms with E-state index in [1.54, 1.807) is 0 Å². The summed E-state index contributed by atoms with van der Waals surface area (Å²) in [5, 5.41) is 10.6. The molecule has 5 saturated carbocycles. The molecular weight excluding hydrogens is 370 g/mol. The summed E-state index contributed by atoms with van der Waals surface area (Å²) in [4.78, 5) is 15.8. The lowest BCUT2D eigenvalue weighted by atomic mass is 9.49. The molecule has 1 amide bonds. The molecule has 0 aromatic rings. The van der Waals surface area contributed by atoms with Crippen LogP contribution >= 0.6 is 0 Å². The predicted molar refractivity (Wildman–Crippen MR) is 121 cm³/mol. The van der Waals surface area contributed by atoms with Gasteiger partial charge in [0.1, 0.15) is 0 Å². The molecule has 5 rings (SSSR count). The molecule has 170 valence electrons. The third-order valence-corrected chi connectivity index (χ3v) is 11.0. The van der Waals surface area contributed by atoms with E-state index in [0.717, 1.165) is 48.9 Å². The van der Waals surface area contributed by atoms with Gasteiger partial charge in [0.15, 0.2) is 0 Å². The molecule has 0 unspecified atom stereocenters. The van der Waals surface area contributed by atoms with Gasteiger partial charge >= 0.3 is 0 Å². The van der Waals surface area contributed by atoms with Crippen LogP contribution in [0.25, 0.3) is 0 Å². The van der Waals surface area contributed by atoms with Crippen molar-refractivity contribution in [3.05, 3.63) is 0 Å². The minimum absolute atomic E-state index is 0.230. The van der Waals surface area contributed by atoms with E-state index >= 15 is 0 Å². The highest BCUT2D eigenvalue weighted by Gasteiger charge is 2.59. The standard InChI is InChI=1S/C27H45NO2/c1-26(30)15-13-20-18(17-26)9-10-22-21(20)14-16-27(2)23(22)11-12-24(27)25(29)28(3)19-7-5-4-6-8-19/h18-24,30H,4-17H2,1-3H3/t18-,20+,21-,22-,23+,24-,26-,27+/m1/s1. The highest BCUT2D eigenvalue weighted by Crippen LogP contribution is 2.64. The van der Waals surface area contributed by atoms with Gasteiger partial charge in [-0.25, -0.2) is 0 Å². The molecule has 0 heterocycles. The van der Waals surface area contributed by atoms with Gasteiger partial charge in [-0.05, 0) is 113 Å². The van der Waals surface area contributed by atoms with E-state index in [1.807, 2.05) is 0 Å². The summed E-state index contributed by atoms with van der Waals surface area (Å²) < 4.78 is 0. The summed E-state index contributed by atoms with van der Waals surface area (Å²) in [5.41, 5.74) is -0.195. The van der Waals surface area contributed by atoms with Gasteiger partial charge in [0.05, 0.1) is 5.60 Å². The van der Waals surface area contributed by atoms with E-state index in [-0.39, 0.29) is 11.3 Å². The van der Waals surface area contributed by atoms with Gasteiger partial charge in [-0.2, -0.15) is 0 Å². The molecule has 0 bridgehead atoms. The number of aliphatic hydroxyl groups is 1. The second-order valence-corrected chi connectivity index (χ2v) is 12.6. The van der Waals surface area contributed by atoms with Crippen LogP contribution in [0.3, 0.4) is 0 Å². The van der Waals surface area contributed by atoms with Gasteiger partial charge in [-0.15, -0.1) is 0 Å². The Labute approximate surface area is 184 Å². The minimum atomic E-state index is -0.425. The summed E-state index contributed by atoms with van der Waals surface area (Å²) in [7, 11) is 2.11. The highest BCUT2D eigenvalue weighted by atomic mass is 16.3. The maximum Gasteiger partial charge on any atom is 0.226 e. The highest BCUT2D eigenvalue weighted by molar-refractivity contribution is 5.80. The monoisotopic (exact) mass is 415 g/mol. The lowest BCUT2D eigenvalue weighted by Crippen LogP contribution is -2.52. The summed E-state index contributed by atoms with van der Waals surface area (Å²) in [5.74, 6) is 4.79. The Kier molecular flexibility index (Phi) is 5.52. The van der Waals surface area contributed by atoms with Crippen molar-refractivity contribution in [2.75, 3.05) is 7.05 Å². The van der Waals surface area contributed by atoms with Crippen molar-refractivity contribution in [1.82, 2.24) is 4.90 Å². The molecule has 0 spiro atoms. The Morgan fingerprint density at radius 1 is 0.833 bits per heavy atom. The van der Waals surface area contributed by atoms with Gasteiger partial charge in [-0.1, -0.05) is 26.2 Å². The lowest BCUT2D eigenvalue weighted by molar-refractivity contribution is -0.145. The van der Waals surface area contributed by atoms with Crippen LogP contribution < -0.4 is 0 Å². The van der Waals surface area contributed by atoms with Crippen molar-refractivity contribution >= 4 is 5.91 Å². The summed E-state index contributed by atoms with van der Waals surface area (Å²) in [6.45, 7) is 4.55. The van der Waals surface area contributed by atoms with Crippen LogP contribution in [0.4, 0.5) is 0 Å². The normalized spacial score (nSPS) is 49.1. The average molecular weight is 416 g/mol. The zero-order chi connectivity index (χ0) is 21.1. The number of hydrogen-bond donors (Lipinski definition) is 1. The number of rotatable bonds is 2. The molecule has 3 nitrogen and oxygen atoms in total. The Hall–Kier alpha value is -0.570. The molecule has 0 aromatic heterocycles. The van der Waals surface area contributed by atoms with Crippen molar-refractivity contribution in [3.63, 3.8) is 0 Å². The SMILES string of the molecule is CN(C(=O)[C@H]1CC[C@H]2[C@@H]3CC[C@@H]4C[C@](C)(O)CC[C@@H]4[C@H]3CC[C@]12C)C1CCCCC1. The number of fused-ring (bicyclic) bond motifs is 5. The fourth-order valence-electron chi connectivity index (χ4n) is 9.38. The molecule has 0 aromatic carbocycles. The number of hydrogen-bond acceptors (Lipinski definition) is 2. The van der Waals surface area contributed by atoms with Crippen molar-refractivity contribution in [3.8, 4) is 0 Å². The minimum Gasteiger partial charge on any atom is -0.390 e. The van der Waals surface area contributed by atoms with E-state index in [0.29, 0.717) is 11.9 Å². The number of amides is 1. The number of nitrogens with zero attached hydrogens (tertiary/aromatic N) is 1. The molecule has 0 radical (unpaired) electrons. The molecule has 0 aliphatic heterocycles. The average Bonchev–Trinajstić information content (AvgIpc) is 3.09. The second-order valence-electron chi connectivity index (χ2n) is 12.6. The summed E-state index contributed by atoms with van der Waals surface area (Å²) in [6.07, 6.45) is 17.3. The van der Waals surface area contributed by atoms with Crippen molar-refractivity contribution in [2.24, 2.45) is 40.9 Å². The van der Waals surface area contributed by atoms with Crippen LogP contribution in [0.5, 0.6) is 0 Å². The molecule has 5 aliphatic carbocycles. The maximum atomic E-state index is 13.7.